The normalized spacial score (nSPS) is 11.2. The number of para-hydroxylation sites is 1. The molecule has 3 N–H and O–H groups in total. The lowest BCUT2D eigenvalue weighted by molar-refractivity contribution is -0.117. The standard InChI is InChI=1S/C21H19N3O3/c1-12-20(13(2)27-23-12)21-17(11-19(22)26)16-5-3-4-6-18(16)24(21)14-7-9-15(25)10-8-14/h3-10,25H,11H2,1-2H3,(H2,22,26). The van der Waals surface area contributed by atoms with E-state index < -0.39 is 5.91 Å². The van der Waals surface area contributed by atoms with Gasteiger partial charge in [-0.1, -0.05) is 23.4 Å². The van der Waals surface area contributed by atoms with E-state index in [1.165, 1.54) is 0 Å². The molecule has 0 atom stereocenters. The zero-order chi connectivity index (χ0) is 19.1. The number of carbonyl (C=O) groups is 1. The Balaban J connectivity index is 2.16. The number of phenols is 1. The van der Waals surface area contributed by atoms with Gasteiger partial charge in [0.25, 0.3) is 0 Å². The third-order valence-corrected chi connectivity index (χ3v) is 4.71. The van der Waals surface area contributed by atoms with Gasteiger partial charge < -0.3 is 19.9 Å². The molecular weight excluding hydrogens is 342 g/mol. The molecule has 1 amide bonds. The molecule has 0 unspecified atom stereocenters. The third-order valence-electron chi connectivity index (χ3n) is 4.71. The summed E-state index contributed by atoms with van der Waals surface area (Å²) >= 11 is 0. The highest BCUT2D eigenvalue weighted by Crippen LogP contribution is 2.39. The van der Waals surface area contributed by atoms with E-state index in [0.29, 0.717) is 5.76 Å². The number of hydrogen-bond acceptors (Lipinski definition) is 4. The van der Waals surface area contributed by atoms with E-state index in [2.05, 4.69) is 9.72 Å². The number of aryl methyl sites for hydroxylation is 2. The lowest BCUT2D eigenvalue weighted by atomic mass is 10.0. The Morgan fingerprint density at radius 3 is 2.48 bits per heavy atom. The van der Waals surface area contributed by atoms with Gasteiger partial charge in [-0.25, -0.2) is 0 Å². The largest absolute Gasteiger partial charge is 0.508 e. The van der Waals surface area contributed by atoms with Crippen LogP contribution in [0.4, 0.5) is 0 Å². The minimum absolute atomic E-state index is 0.102. The molecule has 0 aliphatic rings. The lowest BCUT2D eigenvalue weighted by Crippen LogP contribution is -2.14. The Labute approximate surface area is 155 Å². The molecule has 2 heterocycles. The van der Waals surface area contributed by atoms with Crippen LogP contribution in [0.15, 0.2) is 53.1 Å². The van der Waals surface area contributed by atoms with Gasteiger partial charge in [-0.15, -0.1) is 0 Å². The van der Waals surface area contributed by atoms with Gasteiger partial charge in [0.1, 0.15) is 11.5 Å². The van der Waals surface area contributed by atoms with Crippen LogP contribution < -0.4 is 5.73 Å². The summed E-state index contributed by atoms with van der Waals surface area (Å²) in [5, 5.41) is 14.7. The minimum Gasteiger partial charge on any atom is -0.508 e. The number of nitrogens with two attached hydrogens (primary N) is 1. The van der Waals surface area contributed by atoms with E-state index in [4.69, 9.17) is 10.3 Å². The maximum Gasteiger partial charge on any atom is 0.221 e. The van der Waals surface area contributed by atoms with Crippen LogP contribution in [-0.2, 0) is 11.2 Å². The van der Waals surface area contributed by atoms with Crippen molar-refractivity contribution in [2.24, 2.45) is 5.73 Å². The molecule has 0 fully saturated rings. The zero-order valence-electron chi connectivity index (χ0n) is 15.1. The summed E-state index contributed by atoms with van der Waals surface area (Å²) < 4.78 is 7.45. The van der Waals surface area contributed by atoms with E-state index >= 15 is 0 Å². The number of primary amides is 1. The predicted octanol–water partition coefficient (Wildman–Crippen LogP) is 3.64. The summed E-state index contributed by atoms with van der Waals surface area (Å²) in [5.74, 6) is 0.448. The average molecular weight is 361 g/mol. The molecule has 4 rings (SSSR count). The number of nitrogens with zero attached hydrogens (tertiary/aromatic N) is 2. The Morgan fingerprint density at radius 2 is 1.85 bits per heavy atom. The molecule has 4 aromatic rings. The number of phenolic OH excluding ortho intramolecular Hbond substituents is 1. The van der Waals surface area contributed by atoms with E-state index in [0.717, 1.165) is 39.1 Å². The molecule has 6 heteroatoms. The van der Waals surface area contributed by atoms with Gasteiger partial charge >= 0.3 is 0 Å². The van der Waals surface area contributed by atoms with Crippen molar-refractivity contribution in [3.8, 4) is 22.7 Å². The minimum atomic E-state index is -0.406. The second-order valence-corrected chi connectivity index (χ2v) is 6.54. The fourth-order valence-corrected chi connectivity index (χ4v) is 3.61. The van der Waals surface area contributed by atoms with Crippen molar-refractivity contribution in [2.45, 2.75) is 20.3 Å². The molecule has 0 aliphatic heterocycles. The van der Waals surface area contributed by atoms with Crippen molar-refractivity contribution >= 4 is 16.8 Å². The second-order valence-electron chi connectivity index (χ2n) is 6.54. The summed E-state index contributed by atoms with van der Waals surface area (Å²) in [4.78, 5) is 11.8. The van der Waals surface area contributed by atoms with Crippen LogP contribution in [0.3, 0.4) is 0 Å². The molecule has 2 aromatic heterocycles. The van der Waals surface area contributed by atoms with Crippen LogP contribution >= 0.6 is 0 Å². The maximum absolute atomic E-state index is 11.8. The first-order valence-electron chi connectivity index (χ1n) is 8.60. The Bertz CT molecular complexity index is 1130. The van der Waals surface area contributed by atoms with Gasteiger partial charge in [-0.3, -0.25) is 4.79 Å². The van der Waals surface area contributed by atoms with Crippen LogP contribution in [0.25, 0.3) is 27.8 Å². The van der Waals surface area contributed by atoms with Crippen LogP contribution in [0.1, 0.15) is 17.0 Å². The van der Waals surface area contributed by atoms with Crippen LogP contribution in [0, 0.1) is 13.8 Å². The highest BCUT2D eigenvalue weighted by molar-refractivity contribution is 5.97. The predicted molar refractivity (Wildman–Crippen MR) is 103 cm³/mol. The molecule has 0 spiro atoms. The summed E-state index contributed by atoms with van der Waals surface area (Å²) in [6, 6.07) is 14.8. The second kappa shape index (κ2) is 6.32. The van der Waals surface area contributed by atoms with Crippen LogP contribution in [0.2, 0.25) is 0 Å². The van der Waals surface area contributed by atoms with Crippen molar-refractivity contribution in [2.75, 3.05) is 0 Å². The number of fused-ring (bicyclic) bond motifs is 1. The topological polar surface area (TPSA) is 94.3 Å². The van der Waals surface area contributed by atoms with Gasteiger partial charge in [0.05, 0.1) is 28.9 Å². The van der Waals surface area contributed by atoms with Crippen LogP contribution in [-0.4, -0.2) is 20.7 Å². The van der Waals surface area contributed by atoms with Gasteiger partial charge in [-0.05, 0) is 49.7 Å². The first-order valence-corrected chi connectivity index (χ1v) is 8.60. The van der Waals surface area contributed by atoms with E-state index in [1.54, 1.807) is 12.1 Å². The molecule has 136 valence electrons. The third kappa shape index (κ3) is 2.75. The summed E-state index contributed by atoms with van der Waals surface area (Å²) in [6.45, 7) is 3.72. The van der Waals surface area contributed by atoms with Crippen molar-refractivity contribution in [1.82, 2.24) is 9.72 Å². The fraction of sp³-hybridized carbons (Fsp3) is 0.143. The number of hydrogen-bond donors (Lipinski definition) is 2. The van der Waals surface area contributed by atoms with Crippen molar-refractivity contribution in [3.63, 3.8) is 0 Å². The first kappa shape index (κ1) is 16.9. The molecule has 2 aromatic carbocycles. The maximum atomic E-state index is 11.8. The first-order chi connectivity index (χ1) is 13.0. The summed E-state index contributed by atoms with van der Waals surface area (Å²) in [7, 11) is 0. The zero-order valence-corrected chi connectivity index (χ0v) is 15.1. The number of aromatic hydroxyl groups is 1. The molecule has 0 bridgehead atoms. The SMILES string of the molecule is Cc1noc(C)c1-c1c(CC(N)=O)c2ccccc2n1-c1ccc(O)cc1. The molecule has 0 saturated carbocycles. The quantitative estimate of drug-likeness (QED) is 0.580. The average Bonchev–Trinajstić information content (AvgIpc) is 3.13. The number of aromatic nitrogens is 2. The smallest absolute Gasteiger partial charge is 0.221 e. The number of carbonyl (C=O) groups excluding carboxylic acids is 1. The summed E-state index contributed by atoms with van der Waals surface area (Å²) in [5.41, 5.74) is 10.6. The highest BCUT2D eigenvalue weighted by atomic mass is 16.5. The van der Waals surface area contributed by atoms with Crippen molar-refractivity contribution in [3.05, 3.63) is 65.5 Å². The van der Waals surface area contributed by atoms with Crippen LogP contribution in [0.5, 0.6) is 5.75 Å². The molecule has 0 radical (unpaired) electrons. The van der Waals surface area contributed by atoms with Gasteiger partial charge in [-0.2, -0.15) is 0 Å². The van der Waals surface area contributed by atoms with Crippen molar-refractivity contribution < 1.29 is 14.4 Å². The highest BCUT2D eigenvalue weighted by Gasteiger charge is 2.25. The molecular formula is C21H19N3O3. The Morgan fingerprint density at radius 1 is 1.15 bits per heavy atom. The van der Waals surface area contributed by atoms with E-state index in [1.807, 2.05) is 50.2 Å². The molecule has 0 saturated heterocycles. The van der Waals surface area contributed by atoms with E-state index in [-0.39, 0.29) is 12.2 Å². The van der Waals surface area contributed by atoms with Gasteiger partial charge in [0.2, 0.25) is 5.91 Å². The van der Waals surface area contributed by atoms with Gasteiger partial charge in [0.15, 0.2) is 0 Å². The monoisotopic (exact) mass is 361 g/mol. The lowest BCUT2D eigenvalue weighted by Gasteiger charge is -2.12. The number of amides is 1. The number of rotatable bonds is 4. The van der Waals surface area contributed by atoms with E-state index in [9.17, 15) is 9.90 Å². The molecule has 27 heavy (non-hydrogen) atoms. The Kier molecular flexibility index (Phi) is 3.96. The van der Waals surface area contributed by atoms with Gasteiger partial charge in [0, 0.05) is 11.1 Å². The fourth-order valence-electron chi connectivity index (χ4n) is 3.61. The molecule has 6 nitrogen and oxygen atoms in total. The molecule has 0 aliphatic carbocycles. The van der Waals surface area contributed by atoms with Crippen molar-refractivity contribution in [1.29, 1.82) is 0 Å². The number of benzene rings is 2. The Hall–Kier alpha value is -3.54. The summed E-state index contributed by atoms with van der Waals surface area (Å²) in [6.07, 6.45) is 0.102.